The largest absolute Gasteiger partial charge is 0.489 e. The van der Waals surface area contributed by atoms with Crippen LogP contribution in [0.4, 0.5) is 0 Å². The van der Waals surface area contributed by atoms with Crippen LogP contribution in [0.5, 0.6) is 5.75 Å². The summed E-state index contributed by atoms with van der Waals surface area (Å²) in [6.07, 6.45) is 4.70. The molecule has 1 fully saturated rings. The van der Waals surface area contributed by atoms with Gasteiger partial charge in [0, 0.05) is 38.9 Å². The van der Waals surface area contributed by atoms with Crippen LogP contribution in [0.2, 0.25) is 0 Å². The number of guanidine groups is 1. The van der Waals surface area contributed by atoms with Crippen LogP contribution in [0.25, 0.3) is 0 Å². The standard InChI is InChI=1S/C20H32N4O4S/c1-3-12-28-19-10-5-4-8-17(19)15-23-20(21-2)22-11-14-29(25,26)24-16-18-9-6-7-13-27-18/h3-5,8,10,18,24H,1,6-7,9,11-16H2,2H3,(H2,21,22,23). The highest BCUT2D eigenvalue weighted by molar-refractivity contribution is 7.89. The van der Waals surface area contributed by atoms with Crippen LogP contribution in [0.3, 0.4) is 0 Å². The zero-order chi connectivity index (χ0) is 21.0. The summed E-state index contributed by atoms with van der Waals surface area (Å²) >= 11 is 0. The van der Waals surface area contributed by atoms with Gasteiger partial charge in [0.25, 0.3) is 0 Å². The Morgan fingerprint density at radius 3 is 2.90 bits per heavy atom. The minimum Gasteiger partial charge on any atom is -0.489 e. The lowest BCUT2D eigenvalue weighted by molar-refractivity contribution is 0.0200. The molecule has 9 heteroatoms. The Balaban J connectivity index is 1.74. The highest BCUT2D eigenvalue weighted by Crippen LogP contribution is 2.17. The van der Waals surface area contributed by atoms with E-state index in [0.717, 1.165) is 30.6 Å². The summed E-state index contributed by atoms with van der Waals surface area (Å²) in [4.78, 5) is 4.14. The maximum atomic E-state index is 12.2. The van der Waals surface area contributed by atoms with Crippen molar-refractivity contribution in [2.75, 3.05) is 39.1 Å². The fraction of sp³-hybridized carbons (Fsp3) is 0.550. The van der Waals surface area contributed by atoms with Gasteiger partial charge < -0.3 is 20.1 Å². The van der Waals surface area contributed by atoms with Crippen LogP contribution >= 0.6 is 0 Å². The van der Waals surface area contributed by atoms with Crippen molar-refractivity contribution in [3.05, 3.63) is 42.5 Å². The summed E-state index contributed by atoms with van der Waals surface area (Å²) in [7, 11) is -1.73. The minimum atomic E-state index is -3.37. The van der Waals surface area contributed by atoms with Crippen LogP contribution in [-0.4, -0.2) is 59.6 Å². The molecule has 0 radical (unpaired) electrons. The van der Waals surface area contributed by atoms with Gasteiger partial charge in [0.15, 0.2) is 5.96 Å². The van der Waals surface area contributed by atoms with E-state index in [-0.39, 0.29) is 18.4 Å². The molecule has 1 aliphatic heterocycles. The summed E-state index contributed by atoms with van der Waals surface area (Å²) in [5.41, 5.74) is 0.971. The van der Waals surface area contributed by atoms with Crippen molar-refractivity contribution < 1.29 is 17.9 Å². The second kappa shape index (κ2) is 12.5. The van der Waals surface area contributed by atoms with Crippen molar-refractivity contribution in [3.8, 4) is 5.75 Å². The van der Waals surface area contributed by atoms with Gasteiger partial charge in [0.1, 0.15) is 12.4 Å². The molecular weight excluding hydrogens is 392 g/mol. The van der Waals surface area contributed by atoms with Crippen LogP contribution in [0.1, 0.15) is 24.8 Å². The fourth-order valence-corrected chi connectivity index (χ4v) is 3.86. The molecule has 8 nitrogen and oxygen atoms in total. The van der Waals surface area contributed by atoms with E-state index in [9.17, 15) is 8.42 Å². The van der Waals surface area contributed by atoms with Gasteiger partial charge in [-0.3, -0.25) is 4.99 Å². The van der Waals surface area contributed by atoms with Gasteiger partial charge in [-0.2, -0.15) is 0 Å². The van der Waals surface area contributed by atoms with E-state index in [1.54, 1.807) is 13.1 Å². The first-order valence-electron chi connectivity index (χ1n) is 9.89. The predicted molar refractivity (Wildman–Crippen MR) is 116 cm³/mol. The second-order valence-electron chi connectivity index (χ2n) is 6.72. The summed E-state index contributed by atoms with van der Waals surface area (Å²) in [5, 5.41) is 6.20. The molecule has 1 aromatic carbocycles. The first-order chi connectivity index (χ1) is 14.0. The highest BCUT2D eigenvalue weighted by atomic mass is 32.2. The Bertz CT molecular complexity index is 761. The molecule has 1 saturated heterocycles. The molecule has 0 amide bonds. The zero-order valence-corrected chi connectivity index (χ0v) is 17.8. The molecule has 0 aromatic heterocycles. The maximum absolute atomic E-state index is 12.2. The Kier molecular flexibility index (Phi) is 9.96. The number of nitrogens with one attached hydrogen (secondary N) is 3. The van der Waals surface area contributed by atoms with E-state index >= 15 is 0 Å². The average molecular weight is 425 g/mol. The Morgan fingerprint density at radius 2 is 2.17 bits per heavy atom. The first kappa shape index (κ1) is 23.2. The minimum absolute atomic E-state index is 0.0238. The number of ether oxygens (including phenoxy) is 2. The molecular formula is C20H32N4O4S. The van der Waals surface area contributed by atoms with Crippen molar-refractivity contribution in [1.29, 1.82) is 0 Å². The summed E-state index contributed by atoms with van der Waals surface area (Å²) < 4.78 is 38.2. The number of para-hydroxylation sites is 1. The van der Waals surface area contributed by atoms with E-state index in [1.807, 2.05) is 24.3 Å². The van der Waals surface area contributed by atoms with Crippen molar-refractivity contribution in [2.45, 2.75) is 31.9 Å². The number of aliphatic imine (C=N–C) groups is 1. The van der Waals surface area contributed by atoms with Crippen LogP contribution in [0.15, 0.2) is 41.9 Å². The molecule has 162 valence electrons. The number of rotatable bonds is 11. The van der Waals surface area contributed by atoms with Crippen LogP contribution in [-0.2, 0) is 21.3 Å². The van der Waals surface area contributed by atoms with E-state index in [4.69, 9.17) is 9.47 Å². The van der Waals surface area contributed by atoms with E-state index in [0.29, 0.717) is 32.3 Å². The van der Waals surface area contributed by atoms with Gasteiger partial charge in [-0.25, -0.2) is 13.1 Å². The highest BCUT2D eigenvalue weighted by Gasteiger charge is 2.17. The van der Waals surface area contributed by atoms with Gasteiger partial charge in [-0.05, 0) is 25.3 Å². The first-order valence-corrected chi connectivity index (χ1v) is 11.5. The lowest BCUT2D eigenvalue weighted by atomic mass is 10.1. The van der Waals surface area contributed by atoms with E-state index in [2.05, 4.69) is 26.9 Å². The molecule has 3 N–H and O–H groups in total. The summed E-state index contributed by atoms with van der Waals surface area (Å²) in [6, 6.07) is 7.69. The van der Waals surface area contributed by atoms with Gasteiger partial charge in [-0.1, -0.05) is 30.9 Å². The molecule has 2 rings (SSSR count). The second-order valence-corrected chi connectivity index (χ2v) is 8.64. The molecule has 0 aliphatic carbocycles. The number of hydrogen-bond acceptors (Lipinski definition) is 5. The molecule has 0 bridgehead atoms. The van der Waals surface area contributed by atoms with Crippen molar-refractivity contribution in [3.63, 3.8) is 0 Å². The Hall–Kier alpha value is -2.10. The molecule has 0 spiro atoms. The smallest absolute Gasteiger partial charge is 0.213 e. The Morgan fingerprint density at radius 1 is 1.34 bits per heavy atom. The molecule has 0 saturated carbocycles. The third-order valence-electron chi connectivity index (χ3n) is 4.47. The predicted octanol–water partition coefficient (Wildman–Crippen LogP) is 1.40. The molecule has 1 aromatic rings. The average Bonchev–Trinajstić information content (AvgIpc) is 2.74. The third kappa shape index (κ3) is 8.84. The van der Waals surface area contributed by atoms with E-state index in [1.165, 1.54) is 0 Å². The topological polar surface area (TPSA) is 101 Å². The quantitative estimate of drug-likeness (QED) is 0.282. The summed E-state index contributed by atoms with van der Waals surface area (Å²) in [6.45, 7) is 5.86. The summed E-state index contributed by atoms with van der Waals surface area (Å²) in [5.74, 6) is 1.25. The number of benzene rings is 1. The molecule has 1 unspecified atom stereocenters. The number of hydrogen-bond donors (Lipinski definition) is 3. The van der Waals surface area contributed by atoms with Crippen molar-refractivity contribution >= 4 is 16.0 Å². The van der Waals surface area contributed by atoms with E-state index < -0.39 is 10.0 Å². The lowest BCUT2D eigenvalue weighted by Gasteiger charge is -2.22. The molecule has 1 heterocycles. The Labute approximate surface area is 173 Å². The maximum Gasteiger partial charge on any atom is 0.213 e. The van der Waals surface area contributed by atoms with Gasteiger partial charge in [-0.15, -0.1) is 0 Å². The number of nitrogens with zero attached hydrogens (tertiary/aromatic N) is 1. The molecule has 1 aliphatic rings. The SMILES string of the molecule is C=CCOc1ccccc1CNC(=NC)NCCS(=O)(=O)NCC1CCCCO1. The normalized spacial score (nSPS) is 17.6. The van der Waals surface area contributed by atoms with Crippen molar-refractivity contribution in [2.24, 2.45) is 4.99 Å². The lowest BCUT2D eigenvalue weighted by Crippen LogP contribution is -2.42. The molecule has 1 atom stereocenters. The van der Waals surface area contributed by atoms with Crippen LogP contribution < -0.4 is 20.1 Å². The molecule has 29 heavy (non-hydrogen) atoms. The van der Waals surface area contributed by atoms with Gasteiger partial charge in [0.05, 0.1) is 11.9 Å². The fourth-order valence-electron chi connectivity index (χ4n) is 2.90. The third-order valence-corrected chi connectivity index (χ3v) is 5.82. The van der Waals surface area contributed by atoms with Gasteiger partial charge >= 0.3 is 0 Å². The number of sulfonamides is 1. The zero-order valence-electron chi connectivity index (χ0n) is 17.0. The van der Waals surface area contributed by atoms with Gasteiger partial charge in [0.2, 0.25) is 10.0 Å². The van der Waals surface area contributed by atoms with Crippen LogP contribution in [0, 0.1) is 0 Å². The van der Waals surface area contributed by atoms with Crippen molar-refractivity contribution in [1.82, 2.24) is 15.4 Å². The monoisotopic (exact) mass is 424 g/mol.